The maximum atomic E-state index is 11.2. The minimum atomic E-state index is -2.12. The van der Waals surface area contributed by atoms with Crippen LogP contribution in [0.4, 0.5) is 0 Å². The third-order valence-electron chi connectivity index (χ3n) is 5.28. The zero-order chi connectivity index (χ0) is 13.8. The van der Waals surface area contributed by atoms with Crippen molar-refractivity contribution >= 4 is 16.2 Å². The molecular formula is C12H24N4O2S. The molecule has 2 bridgehead atoms. The van der Waals surface area contributed by atoms with Gasteiger partial charge in [-0.3, -0.25) is 19.6 Å². The highest BCUT2D eigenvalue weighted by molar-refractivity contribution is 7.99. The number of piperazine rings is 1. The smallest absolute Gasteiger partial charge is 0.306 e. The summed E-state index contributed by atoms with van der Waals surface area (Å²) in [6.45, 7) is 3.58. The lowest BCUT2D eigenvalue weighted by atomic mass is 9.74. The normalized spacial score (nSPS) is 40.9. The summed E-state index contributed by atoms with van der Waals surface area (Å²) in [5.74, 6) is -0.338. The molecule has 1 atom stereocenters. The Morgan fingerprint density at radius 2 is 1.89 bits per heavy atom. The molecule has 6 nitrogen and oxygen atoms in total. The van der Waals surface area contributed by atoms with E-state index in [0.717, 1.165) is 45.4 Å². The van der Waals surface area contributed by atoms with Gasteiger partial charge in [-0.15, -0.1) is 10.2 Å². The number of carbonyl (C=O) groups is 1. The molecule has 0 aromatic heterocycles. The minimum Gasteiger partial charge on any atom is -0.481 e. The van der Waals surface area contributed by atoms with E-state index in [1.165, 1.54) is 0 Å². The summed E-state index contributed by atoms with van der Waals surface area (Å²) in [6.07, 6.45) is 4.76. The van der Waals surface area contributed by atoms with Crippen molar-refractivity contribution in [3.05, 3.63) is 0 Å². The minimum absolute atomic E-state index is 0.124. The molecule has 110 valence electrons. The van der Waals surface area contributed by atoms with Crippen molar-refractivity contribution < 1.29 is 9.90 Å². The van der Waals surface area contributed by atoms with E-state index in [-0.39, 0.29) is 11.5 Å². The highest BCUT2D eigenvalue weighted by Gasteiger charge is 2.60. The first kappa shape index (κ1) is 13.5. The Bertz CT molecular complexity index is 435. The molecule has 1 heterocycles. The van der Waals surface area contributed by atoms with Crippen LogP contribution in [0.1, 0.15) is 19.3 Å². The number of rotatable bonds is 3. The van der Waals surface area contributed by atoms with Gasteiger partial charge in [-0.05, 0) is 31.4 Å². The summed E-state index contributed by atoms with van der Waals surface area (Å²) in [6, 6.07) is 0. The summed E-state index contributed by atoms with van der Waals surface area (Å²) in [7, 11) is -2.12. The molecule has 0 aromatic carbocycles. The van der Waals surface area contributed by atoms with Gasteiger partial charge in [0, 0.05) is 31.7 Å². The monoisotopic (exact) mass is 288 g/mol. The molecule has 3 saturated carbocycles. The number of hydrogen-bond acceptors (Lipinski definition) is 3. The van der Waals surface area contributed by atoms with Crippen molar-refractivity contribution in [1.82, 2.24) is 9.21 Å². The fourth-order valence-electron chi connectivity index (χ4n) is 4.21. The molecule has 0 amide bonds. The molecule has 0 spiro atoms. The van der Waals surface area contributed by atoms with Crippen molar-refractivity contribution in [2.45, 2.75) is 24.8 Å². The summed E-state index contributed by atoms with van der Waals surface area (Å²) in [4.78, 5) is 13.7. The van der Waals surface area contributed by atoms with Gasteiger partial charge in [0.15, 0.2) is 0 Å². The second kappa shape index (κ2) is 4.25. The van der Waals surface area contributed by atoms with Gasteiger partial charge in [0.05, 0.1) is 5.92 Å². The first-order valence-electron chi connectivity index (χ1n) is 6.95. The summed E-state index contributed by atoms with van der Waals surface area (Å²) in [5.41, 5.74) is 0.158. The molecule has 19 heavy (non-hydrogen) atoms. The summed E-state index contributed by atoms with van der Waals surface area (Å²) < 4.78 is 10.1. The highest BCUT2D eigenvalue weighted by Crippen LogP contribution is 2.58. The van der Waals surface area contributed by atoms with Gasteiger partial charge in [-0.25, -0.2) is 4.31 Å². The Morgan fingerprint density at radius 1 is 1.32 bits per heavy atom. The van der Waals surface area contributed by atoms with Gasteiger partial charge in [-0.1, -0.05) is 0 Å². The van der Waals surface area contributed by atoms with Crippen molar-refractivity contribution in [1.29, 1.82) is 4.78 Å². The molecule has 4 fully saturated rings. The first-order valence-corrected chi connectivity index (χ1v) is 9.21. The maximum Gasteiger partial charge on any atom is 0.306 e. The highest BCUT2D eigenvalue weighted by atomic mass is 32.3. The van der Waals surface area contributed by atoms with Crippen LogP contribution >= 0.6 is 0 Å². The molecule has 4 aliphatic rings. The van der Waals surface area contributed by atoms with Gasteiger partial charge < -0.3 is 5.11 Å². The van der Waals surface area contributed by atoms with Crippen LogP contribution in [0.2, 0.25) is 0 Å². The van der Waals surface area contributed by atoms with Crippen LogP contribution in [-0.4, -0.2) is 58.3 Å². The van der Waals surface area contributed by atoms with Crippen molar-refractivity contribution in [3.63, 3.8) is 0 Å². The lowest BCUT2D eigenvalue weighted by Gasteiger charge is -2.52. The SMILES string of the molecule is C[SH](=N)(N)N1CCN(C23CC(C2)C(C(=O)O)C3)CC1. The van der Waals surface area contributed by atoms with Crippen LogP contribution in [0.25, 0.3) is 0 Å². The number of carboxylic acid groups (broad SMARTS) is 1. The second-order valence-electron chi connectivity index (χ2n) is 6.51. The molecule has 0 radical (unpaired) electrons. The maximum absolute atomic E-state index is 11.2. The summed E-state index contributed by atoms with van der Waals surface area (Å²) in [5, 5.41) is 15.1. The first-order chi connectivity index (χ1) is 8.82. The quantitative estimate of drug-likeness (QED) is 0.545. The van der Waals surface area contributed by atoms with Crippen molar-refractivity contribution in [3.8, 4) is 0 Å². The van der Waals surface area contributed by atoms with E-state index in [2.05, 4.69) is 9.21 Å². The number of nitrogens with two attached hydrogens (primary N) is 1. The number of fused-ring (bicyclic) bond motifs is 1. The van der Waals surface area contributed by atoms with Crippen LogP contribution in [0.5, 0.6) is 0 Å². The van der Waals surface area contributed by atoms with Gasteiger partial charge in [0.1, 0.15) is 0 Å². The van der Waals surface area contributed by atoms with Crippen molar-refractivity contribution in [2.24, 2.45) is 17.0 Å². The molecule has 1 unspecified atom stereocenters. The van der Waals surface area contributed by atoms with Crippen molar-refractivity contribution in [2.75, 3.05) is 32.4 Å². The van der Waals surface area contributed by atoms with Gasteiger partial charge >= 0.3 is 5.97 Å². The molecule has 1 aliphatic heterocycles. The van der Waals surface area contributed by atoms with E-state index >= 15 is 0 Å². The number of aliphatic carboxylic acids is 1. The number of thiol groups is 1. The van der Waals surface area contributed by atoms with Crippen LogP contribution in [0.3, 0.4) is 0 Å². The van der Waals surface area contributed by atoms with Gasteiger partial charge in [0.25, 0.3) is 0 Å². The number of carboxylic acids is 1. The van der Waals surface area contributed by atoms with E-state index in [9.17, 15) is 9.90 Å². The second-order valence-corrected chi connectivity index (χ2v) is 9.13. The zero-order valence-corrected chi connectivity index (χ0v) is 12.3. The van der Waals surface area contributed by atoms with Gasteiger partial charge in [-0.2, -0.15) is 0 Å². The third kappa shape index (κ3) is 2.12. The Kier molecular flexibility index (Phi) is 3.01. The number of hydrogen-bond donors (Lipinski definition) is 4. The van der Waals surface area contributed by atoms with E-state index in [1.54, 1.807) is 0 Å². The largest absolute Gasteiger partial charge is 0.481 e. The predicted octanol–water partition coefficient (Wildman–Crippen LogP) is -0.0755. The average Bonchev–Trinajstić information content (AvgIpc) is 2.83. The standard InChI is InChI=1S/C12H24N4O2S/c1-19(13,14)16-4-2-15(3-5-16)12-6-9(7-12)10(8-12)11(17)18/h9-10,19H,2-8H2,1H3,(H3,13,14)(H,17,18). The summed E-state index contributed by atoms with van der Waals surface area (Å²) >= 11 is 0. The topological polar surface area (TPSA) is 93.7 Å². The van der Waals surface area contributed by atoms with E-state index < -0.39 is 16.2 Å². The van der Waals surface area contributed by atoms with Crippen LogP contribution in [-0.2, 0) is 15.0 Å². The molecule has 0 aromatic rings. The fraction of sp³-hybridized carbons (Fsp3) is 0.917. The van der Waals surface area contributed by atoms with E-state index in [4.69, 9.17) is 9.92 Å². The predicted molar refractivity (Wildman–Crippen MR) is 75.9 cm³/mol. The zero-order valence-electron chi connectivity index (χ0n) is 11.4. The molecule has 4 N–H and O–H groups in total. The van der Waals surface area contributed by atoms with Crippen LogP contribution < -0.4 is 5.14 Å². The Morgan fingerprint density at radius 3 is 2.32 bits per heavy atom. The molecule has 7 heteroatoms. The van der Waals surface area contributed by atoms with E-state index in [1.807, 2.05) is 6.26 Å². The number of nitrogens with zero attached hydrogens (tertiary/aromatic N) is 2. The molecule has 1 saturated heterocycles. The Hall–Kier alpha value is -0.500. The molecule has 4 rings (SSSR count). The van der Waals surface area contributed by atoms with E-state index in [0.29, 0.717) is 5.92 Å². The molecule has 3 aliphatic carbocycles. The van der Waals surface area contributed by atoms with Crippen LogP contribution in [0, 0.1) is 16.6 Å². The lowest BCUT2D eigenvalue weighted by molar-refractivity contribution is -0.142. The van der Waals surface area contributed by atoms with Gasteiger partial charge in [0.2, 0.25) is 0 Å². The fourth-order valence-corrected chi connectivity index (χ4v) is 5.22. The van der Waals surface area contributed by atoms with Crippen LogP contribution in [0.15, 0.2) is 0 Å². The number of nitrogens with one attached hydrogen (secondary N) is 1. The Labute approximate surface area is 115 Å². The third-order valence-corrected chi connectivity index (χ3v) is 6.86. The average molecular weight is 288 g/mol. The molecular weight excluding hydrogens is 264 g/mol. The Balaban J connectivity index is 1.62. The lowest BCUT2D eigenvalue weighted by Crippen LogP contribution is -2.61.